The molecule has 3 aromatic rings. The molecular weight excluding hydrogens is 405 g/mol. The summed E-state index contributed by atoms with van der Waals surface area (Å²) in [7, 11) is -3.18. The Hall–Kier alpha value is -2.82. The Morgan fingerprint density at radius 1 is 1.11 bits per heavy atom. The fourth-order valence-electron chi connectivity index (χ4n) is 2.33. The van der Waals surface area contributed by atoms with Crippen molar-refractivity contribution in [1.82, 2.24) is 10.1 Å². The molecule has 1 heterocycles. The predicted octanol–water partition coefficient (Wildman–Crippen LogP) is 4.75. The first-order valence-electron chi connectivity index (χ1n) is 7.70. The normalized spacial score (nSPS) is 13.9. The SMILES string of the molecule is CS(=O)(=Nc1ccc(Cc2noc(C(F)(F)F)n2)cc1)c1ccc(F)cc1F. The largest absolute Gasteiger partial charge is 0.471 e. The first-order valence-corrected chi connectivity index (χ1v) is 9.63. The highest BCUT2D eigenvalue weighted by molar-refractivity contribution is 7.93. The molecule has 0 saturated heterocycles. The zero-order valence-electron chi connectivity index (χ0n) is 14.2. The zero-order valence-corrected chi connectivity index (χ0v) is 15.0. The standard InChI is InChI=1S/C17H12F5N3O2S/c1-28(26,14-7-4-11(18)9-13(14)19)25-12-5-2-10(3-6-12)8-15-23-16(27-24-15)17(20,21)22/h2-7,9H,8H2,1H3. The molecule has 0 fully saturated rings. The molecule has 11 heteroatoms. The van der Waals surface area contributed by atoms with E-state index in [2.05, 4.69) is 19.0 Å². The molecule has 0 bridgehead atoms. The third-order valence-electron chi connectivity index (χ3n) is 3.59. The third kappa shape index (κ3) is 4.53. The minimum atomic E-state index is -4.72. The molecule has 0 aliphatic carbocycles. The first kappa shape index (κ1) is 19.9. The van der Waals surface area contributed by atoms with Crippen molar-refractivity contribution in [2.45, 2.75) is 17.5 Å². The average molecular weight is 417 g/mol. The second-order valence-corrected chi connectivity index (χ2v) is 8.05. The van der Waals surface area contributed by atoms with E-state index < -0.39 is 33.4 Å². The van der Waals surface area contributed by atoms with Gasteiger partial charge in [0, 0.05) is 18.7 Å². The number of benzene rings is 2. The number of rotatable bonds is 4. The predicted molar refractivity (Wildman–Crippen MR) is 89.3 cm³/mol. The smallest absolute Gasteiger partial charge is 0.329 e. The topological polar surface area (TPSA) is 68.3 Å². The number of halogens is 5. The number of alkyl halides is 3. The average Bonchev–Trinajstić information content (AvgIpc) is 3.05. The maximum Gasteiger partial charge on any atom is 0.471 e. The van der Waals surface area contributed by atoms with Crippen molar-refractivity contribution >= 4 is 15.4 Å². The zero-order chi connectivity index (χ0) is 20.5. The second kappa shape index (κ2) is 7.30. The molecule has 3 rings (SSSR count). The summed E-state index contributed by atoms with van der Waals surface area (Å²) < 4.78 is 85.1. The number of hydrogen-bond acceptors (Lipinski definition) is 5. The molecule has 1 unspecified atom stereocenters. The highest BCUT2D eigenvalue weighted by atomic mass is 32.2. The molecule has 28 heavy (non-hydrogen) atoms. The molecule has 1 aromatic heterocycles. The van der Waals surface area contributed by atoms with Gasteiger partial charge in [-0.1, -0.05) is 17.3 Å². The van der Waals surface area contributed by atoms with Crippen LogP contribution in [0.4, 0.5) is 27.6 Å². The molecule has 2 aromatic carbocycles. The van der Waals surface area contributed by atoms with E-state index in [1.807, 2.05) is 0 Å². The van der Waals surface area contributed by atoms with Crippen LogP contribution in [0.25, 0.3) is 0 Å². The van der Waals surface area contributed by atoms with E-state index >= 15 is 0 Å². The molecule has 5 nitrogen and oxygen atoms in total. The Morgan fingerprint density at radius 2 is 1.79 bits per heavy atom. The number of hydrogen-bond donors (Lipinski definition) is 0. The summed E-state index contributed by atoms with van der Waals surface area (Å²) in [6.07, 6.45) is -3.52. The molecule has 0 amide bonds. The van der Waals surface area contributed by atoms with E-state index in [0.717, 1.165) is 12.1 Å². The second-order valence-electron chi connectivity index (χ2n) is 5.83. The van der Waals surface area contributed by atoms with Gasteiger partial charge in [0.1, 0.15) is 11.6 Å². The lowest BCUT2D eigenvalue weighted by molar-refractivity contribution is -0.159. The summed E-state index contributed by atoms with van der Waals surface area (Å²) in [5.41, 5.74) is 0.813. The van der Waals surface area contributed by atoms with Crippen molar-refractivity contribution in [2.24, 2.45) is 4.36 Å². The van der Waals surface area contributed by atoms with Gasteiger partial charge in [0.25, 0.3) is 0 Å². The van der Waals surface area contributed by atoms with Crippen molar-refractivity contribution < 1.29 is 30.7 Å². The minimum absolute atomic E-state index is 0.0199. The van der Waals surface area contributed by atoms with E-state index in [9.17, 15) is 26.2 Å². The molecule has 0 spiro atoms. The Kier molecular flexibility index (Phi) is 5.20. The molecule has 0 aliphatic heterocycles. The minimum Gasteiger partial charge on any atom is -0.329 e. The molecule has 0 aliphatic rings. The van der Waals surface area contributed by atoms with Crippen LogP contribution in [-0.2, 0) is 22.3 Å². The van der Waals surface area contributed by atoms with Gasteiger partial charge in [-0.3, -0.25) is 0 Å². The highest BCUT2D eigenvalue weighted by Gasteiger charge is 2.38. The van der Waals surface area contributed by atoms with Crippen molar-refractivity contribution in [3.8, 4) is 0 Å². The van der Waals surface area contributed by atoms with E-state index in [4.69, 9.17) is 0 Å². The summed E-state index contributed by atoms with van der Waals surface area (Å²) in [4.78, 5) is 3.04. The van der Waals surface area contributed by atoms with Crippen molar-refractivity contribution in [1.29, 1.82) is 0 Å². The van der Waals surface area contributed by atoms with E-state index in [0.29, 0.717) is 11.6 Å². The fraction of sp³-hybridized carbons (Fsp3) is 0.176. The monoisotopic (exact) mass is 417 g/mol. The van der Waals surface area contributed by atoms with Crippen LogP contribution < -0.4 is 0 Å². The quantitative estimate of drug-likeness (QED) is 0.575. The van der Waals surface area contributed by atoms with Gasteiger partial charge < -0.3 is 4.52 Å². The van der Waals surface area contributed by atoms with Gasteiger partial charge in [0.2, 0.25) is 0 Å². The third-order valence-corrected chi connectivity index (χ3v) is 5.30. The lowest BCUT2D eigenvalue weighted by Crippen LogP contribution is -2.05. The molecule has 1 atom stereocenters. The molecule has 0 saturated carbocycles. The number of aromatic nitrogens is 2. The van der Waals surface area contributed by atoms with Gasteiger partial charge in [-0.2, -0.15) is 22.5 Å². The summed E-state index contributed by atoms with van der Waals surface area (Å²) in [6.45, 7) is 0. The molecule has 0 radical (unpaired) electrons. The lowest BCUT2D eigenvalue weighted by atomic mass is 10.1. The van der Waals surface area contributed by atoms with E-state index in [1.165, 1.54) is 30.5 Å². The summed E-state index contributed by atoms with van der Waals surface area (Å²) in [5, 5.41) is 3.27. The maximum atomic E-state index is 13.9. The first-order chi connectivity index (χ1) is 13.0. The Morgan fingerprint density at radius 3 is 2.36 bits per heavy atom. The molecular formula is C17H12F5N3O2S. The Balaban J connectivity index is 1.81. The van der Waals surface area contributed by atoms with Crippen molar-refractivity contribution in [3.05, 3.63) is 71.4 Å². The maximum absolute atomic E-state index is 13.9. The fourth-order valence-corrected chi connectivity index (χ4v) is 3.69. The molecule has 148 valence electrons. The van der Waals surface area contributed by atoms with Crippen molar-refractivity contribution in [3.63, 3.8) is 0 Å². The lowest BCUT2D eigenvalue weighted by Gasteiger charge is -2.06. The van der Waals surface area contributed by atoms with Crippen LogP contribution in [0.1, 0.15) is 17.3 Å². The van der Waals surface area contributed by atoms with Crippen LogP contribution in [0.3, 0.4) is 0 Å². The van der Waals surface area contributed by atoms with Crippen LogP contribution in [-0.4, -0.2) is 20.6 Å². The summed E-state index contributed by atoms with van der Waals surface area (Å²) >= 11 is 0. The van der Waals surface area contributed by atoms with E-state index in [-0.39, 0.29) is 22.8 Å². The van der Waals surface area contributed by atoms with Gasteiger partial charge in [0.05, 0.1) is 20.3 Å². The van der Waals surface area contributed by atoms with Gasteiger partial charge in [-0.25, -0.2) is 13.0 Å². The summed E-state index contributed by atoms with van der Waals surface area (Å²) in [6, 6.07) is 8.66. The highest BCUT2D eigenvalue weighted by Crippen LogP contribution is 2.28. The Bertz CT molecular complexity index is 1120. The van der Waals surface area contributed by atoms with Gasteiger partial charge in [0.15, 0.2) is 5.82 Å². The molecule has 0 N–H and O–H groups in total. The van der Waals surface area contributed by atoms with Crippen LogP contribution in [0, 0.1) is 11.6 Å². The van der Waals surface area contributed by atoms with Crippen LogP contribution in [0.5, 0.6) is 0 Å². The van der Waals surface area contributed by atoms with Gasteiger partial charge in [-0.05, 0) is 29.8 Å². The summed E-state index contributed by atoms with van der Waals surface area (Å²) in [5.74, 6) is -3.34. The van der Waals surface area contributed by atoms with E-state index in [1.54, 1.807) is 0 Å². The Labute approximate surface area is 156 Å². The van der Waals surface area contributed by atoms with Crippen LogP contribution in [0.15, 0.2) is 56.2 Å². The van der Waals surface area contributed by atoms with Gasteiger partial charge in [-0.15, -0.1) is 0 Å². The van der Waals surface area contributed by atoms with Crippen molar-refractivity contribution in [2.75, 3.05) is 6.26 Å². The van der Waals surface area contributed by atoms with Crippen LogP contribution >= 0.6 is 0 Å². The van der Waals surface area contributed by atoms with Gasteiger partial charge >= 0.3 is 12.1 Å². The van der Waals surface area contributed by atoms with Crippen LogP contribution in [0.2, 0.25) is 0 Å². The number of nitrogens with zero attached hydrogens (tertiary/aromatic N) is 3.